The van der Waals surface area contributed by atoms with E-state index >= 15 is 0 Å². The van der Waals surface area contributed by atoms with Crippen LogP contribution in [0.5, 0.6) is 0 Å². The number of ether oxygens (including phenoxy) is 1. The van der Waals surface area contributed by atoms with Crippen LogP contribution in [0.25, 0.3) is 27.7 Å². The van der Waals surface area contributed by atoms with Crippen molar-refractivity contribution in [2.45, 2.75) is 19.6 Å². The summed E-state index contributed by atoms with van der Waals surface area (Å²) in [5.74, 6) is -1.09. The van der Waals surface area contributed by atoms with Gasteiger partial charge in [0.2, 0.25) is 0 Å². The molecule has 0 amide bonds. The number of aromatic nitrogens is 4. The fourth-order valence-corrected chi connectivity index (χ4v) is 3.43. The highest BCUT2D eigenvalue weighted by Gasteiger charge is 2.20. The van der Waals surface area contributed by atoms with Gasteiger partial charge in [-0.15, -0.1) is 0 Å². The highest BCUT2D eigenvalue weighted by molar-refractivity contribution is 6.30. The van der Waals surface area contributed by atoms with Gasteiger partial charge in [0.25, 0.3) is 5.56 Å². The van der Waals surface area contributed by atoms with Gasteiger partial charge in [-0.05, 0) is 30.7 Å². The first kappa shape index (κ1) is 19.1. The van der Waals surface area contributed by atoms with Crippen LogP contribution < -0.4 is 5.56 Å². The standard InChI is InChI=1S/C20H17ClN4O4/c1-11(20(27)28)24-8-7-16-14(19(24)26)9-22-18-17(12-3-5-13(21)6-4-12)15(10-29-2)23-25(16)18/h3-9,11H,10H2,1-2H3,(H,27,28)/t11-/m0/s1. The first-order chi connectivity index (χ1) is 13.9. The quantitative estimate of drug-likeness (QED) is 0.540. The summed E-state index contributed by atoms with van der Waals surface area (Å²) in [6.45, 7) is 1.71. The van der Waals surface area contributed by atoms with E-state index in [9.17, 15) is 14.7 Å². The predicted octanol–water partition coefficient (Wildman–Crippen LogP) is 3.16. The van der Waals surface area contributed by atoms with E-state index in [-0.39, 0.29) is 12.0 Å². The highest BCUT2D eigenvalue weighted by Crippen LogP contribution is 2.30. The first-order valence-corrected chi connectivity index (χ1v) is 9.19. The summed E-state index contributed by atoms with van der Waals surface area (Å²) in [5, 5.41) is 14.7. The number of hydrogen-bond acceptors (Lipinski definition) is 5. The summed E-state index contributed by atoms with van der Waals surface area (Å²) in [6.07, 6.45) is 2.91. The van der Waals surface area contributed by atoms with Crippen molar-refractivity contribution >= 4 is 34.1 Å². The van der Waals surface area contributed by atoms with Crippen molar-refractivity contribution in [1.82, 2.24) is 19.2 Å². The fraction of sp³-hybridized carbons (Fsp3) is 0.200. The SMILES string of the molecule is COCc1nn2c(ncc3c(=O)n([C@@H](C)C(=O)O)ccc32)c1-c1ccc(Cl)cc1. The van der Waals surface area contributed by atoms with Gasteiger partial charge in [-0.1, -0.05) is 23.7 Å². The van der Waals surface area contributed by atoms with Gasteiger partial charge in [0.1, 0.15) is 6.04 Å². The summed E-state index contributed by atoms with van der Waals surface area (Å²) >= 11 is 6.01. The average Bonchev–Trinajstić information content (AvgIpc) is 3.07. The Morgan fingerprint density at radius 1 is 1.28 bits per heavy atom. The van der Waals surface area contributed by atoms with E-state index in [1.54, 1.807) is 29.8 Å². The summed E-state index contributed by atoms with van der Waals surface area (Å²) in [7, 11) is 1.58. The van der Waals surface area contributed by atoms with Crippen LogP contribution in [0.15, 0.2) is 47.5 Å². The smallest absolute Gasteiger partial charge is 0.326 e. The first-order valence-electron chi connectivity index (χ1n) is 8.81. The van der Waals surface area contributed by atoms with Crippen LogP contribution in [0.2, 0.25) is 5.02 Å². The Labute approximate surface area is 169 Å². The van der Waals surface area contributed by atoms with E-state index in [0.29, 0.717) is 21.9 Å². The van der Waals surface area contributed by atoms with Crippen LogP contribution >= 0.6 is 11.6 Å². The van der Waals surface area contributed by atoms with Crippen LogP contribution in [0.3, 0.4) is 0 Å². The van der Waals surface area contributed by atoms with Crippen LogP contribution in [0, 0.1) is 0 Å². The van der Waals surface area contributed by atoms with Gasteiger partial charge in [0, 0.05) is 24.5 Å². The van der Waals surface area contributed by atoms with Crippen LogP contribution in [0.4, 0.5) is 0 Å². The lowest BCUT2D eigenvalue weighted by atomic mass is 10.1. The molecule has 29 heavy (non-hydrogen) atoms. The lowest BCUT2D eigenvalue weighted by Crippen LogP contribution is -2.28. The molecule has 0 aliphatic heterocycles. The molecule has 4 aromatic rings. The van der Waals surface area contributed by atoms with Crippen molar-refractivity contribution in [1.29, 1.82) is 0 Å². The van der Waals surface area contributed by atoms with Gasteiger partial charge in [0.05, 0.1) is 28.8 Å². The van der Waals surface area contributed by atoms with Crippen LogP contribution in [-0.4, -0.2) is 37.4 Å². The number of halogens is 1. The summed E-state index contributed by atoms with van der Waals surface area (Å²) < 4.78 is 8.05. The van der Waals surface area contributed by atoms with E-state index in [2.05, 4.69) is 10.1 Å². The Balaban J connectivity index is 2.01. The molecule has 1 N–H and O–H groups in total. The fourth-order valence-electron chi connectivity index (χ4n) is 3.30. The van der Waals surface area contributed by atoms with Gasteiger partial charge >= 0.3 is 5.97 Å². The molecule has 3 aromatic heterocycles. The van der Waals surface area contributed by atoms with Gasteiger partial charge in [-0.25, -0.2) is 14.3 Å². The second-order valence-electron chi connectivity index (χ2n) is 6.60. The maximum atomic E-state index is 12.8. The third kappa shape index (κ3) is 3.16. The average molecular weight is 413 g/mol. The molecule has 0 unspecified atom stereocenters. The van der Waals surface area contributed by atoms with Crippen LogP contribution in [0.1, 0.15) is 18.7 Å². The molecule has 1 atom stereocenters. The number of nitrogens with zero attached hydrogens (tertiary/aromatic N) is 4. The maximum absolute atomic E-state index is 12.8. The molecule has 0 saturated heterocycles. The Kier molecular flexibility index (Phi) is 4.81. The number of carbonyl (C=O) groups is 1. The van der Waals surface area contributed by atoms with Gasteiger partial charge < -0.3 is 14.4 Å². The molecule has 0 aliphatic rings. The largest absolute Gasteiger partial charge is 0.480 e. The molecular formula is C20H17ClN4O4. The molecule has 4 rings (SSSR count). The van der Waals surface area contributed by atoms with Crippen molar-refractivity contribution in [3.05, 3.63) is 63.8 Å². The normalized spacial score (nSPS) is 12.5. The third-order valence-electron chi connectivity index (χ3n) is 4.80. The predicted molar refractivity (Wildman–Crippen MR) is 108 cm³/mol. The highest BCUT2D eigenvalue weighted by atomic mass is 35.5. The Bertz CT molecular complexity index is 1290. The molecule has 0 aliphatic carbocycles. The van der Waals surface area contributed by atoms with Gasteiger partial charge in [-0.3, -0.25) is 4.79 Å². The Hall–Kier alpha value is -3.23. The number of benzene rings is 1. The monoisotopic (exact) mass is 412 g/mol. The lowest BCUT2D eigenvalue weighted by molar-refractivity contribution is -0.140. The van der Waals surface area contributed by atoms with Gasteiger partial charge in [-0.2, -0.15) is 5.10 Å². The molecular weight excluding hydrogens is 396 g/mol. The third-order valence-corrected chi connectivity index (χ3v) is 5.05. The minimum Gasteiger partial charge on any atom is -0.480 e. The zero-order chi connectivity index (χ0) is 20.7. The summed E-state index contributed by atoms with van der Waals surface area (Å²) in [6, 6.07) is 7.98. The minimum absolute atomic E-state index is 0.260. The Morgan fingerprint density at radius 3 is 2.66 bits per heavy atom. The Morgan fingerprint density at radius 2 is 2.00 bits per heavy atom. The molecule has 0 fully saturated rings. The molecule has 8 nitrogen and oxygen atoms in total. The number of aliphatic carboxylic acids is 1. The number of fused-ring (bicyclic) bond motifs is 3. The van der Waals surface area contributed by atoms with Crippen molar-refractivity contribution in [3.8, 4) is 11.1 Å². The number of carboxylic acids is 1. The van der Waals surface area contributed by atoms with E-state index in [1.165, 1.54) is 19.3 Å². The van der Waals surface area contributed by atoms with Crippen molar-refractivity contribution in [3.63, 3.8) is 0 Å². The van der Waals surface area contributed by atoms with E-state index < -0.39 is 17.6 Å². The lowest BCUT2D eigenvalue weighted by Gasteiger charge is -2.11. The van der Waals surface area contributed by atoms with E-state index in [1.807, 2.05) is 12.1 Å². The molecule has 9 heteroatoms. The number of hydrogen-bond donors (Lipinski definition) is 1. The van der Waals surface area contributed by atoms with Crippen LogP contribution in [-0.2, 0) is 16.1 Å². The van der Waals surface area contributed by atoms with Crippen molar-refractivity contribution < 1.29 is 14.6 Å². The van der Waals surface area contributed by atoms with Crippen molar-refractivity contribution in [2.75, 3.05) is 7.11 Å². The van der Waals surface area contributed by atoms with E-state index in [0.717, 1.165) is 15.7 Å². The molecule has 0 spiro atoms. The topological polar surface area (TPSA) is 98.7 Å². The summed E-state index contributed by atoms with van der Waals surface area (Å²) in [5.41, 5.74) is 2.98. The number of rotatable bonds is 5. The maximum Gasteiger partial charge on any atom is 0.326 e. The number of pyridine rings is 1. The summed E-state index contributed by atoms with van der Waals surface area (Å²) in [4.78, 5) is 28.6. The molecule has 3 heterocycles. The molecule has 0 bridgehead atoms. The number of methoxy groups -OCH3 is 1. The second kappa shape index (κ2) is 7.31. The number of carboxylic acid groups (broad SMARTS) is 1. The molecule has 0 saturated carbocycles. The molecule has 0 radical (unpaired) electrons. The molecule has 148 valence electrons. The second-order valence-corrected chi connectivity index (χ2v) is 7.03. The minimum atomic E-state index is -1.09. The zero-order valence-corrected chi connectivity index (χ0v) is 16.4. The zero-order valence-electron chi connectivity index (χ0n) is 15.7. The van der Waals surface area contributed by atoms with E-state index in [4.69, 9.17) is 16.3 Å². The van der Waals surface area contributed by atoms with Gasteiger partial charge in [0.15, 0.2) is 5.65 Å². The molecule has 1 aromatic carbocycles. The van der Waals surface area contributed by atoms with Crippen molar-refractivity contribution in [2.24, 2.45) is 0 Å².